The minimum atomic E-state index is -0.418. The van der Waals surface area contributed by atoms with Crippen molar-refractivity contribution in [2.75, 3.05) is 70.5 Å². The van der Waals surface area contributed by atoms with E-state index in [2.05, 4.69) is 77.8 Å². The molecule has 0 atom stereocenters. The zero-order valence-corrected chi connectivity index (χ0v) is 30.9. The van der Waals surface area contributed by atoms with E-state index in [0.29, 0.717) is 33.7 Å². The summed E-state index contributed by atoms with van der Waals surface area (Å²) >= 11 is 1.58. The minimum Gasteiger partial charge on any atom is -0.465 e. The van der Waals surface area contributed by atoms with E-state index in [1.165, 1.54) is 37.5 Å². The third-order valence-corrected chi connectivity index (χ3v) is 10.1. The summed E-state index contributed by atoms with van der Waals surface area (Å²) in [5.74, 6) is 1.14. The Morgan fingerprint density at radius 2 is 1.54 bits per heavy atom. The second-order valence-corrected chi connectivity index (χ2v) is 14.5. The number of nitrogens with one attached hydrogen (secondary N) is 1. The molecule has 2 amide bonds. The van der Waals surface area contributed by atoms with Gasteiger partial charge in [-0.05, 0) is 54.5 Å². The zero-order chi connectivity index (χ0) is 34.5. The molecule has 48 heavy (non-hydrogen) atoms. The maximum atomic E-state index is 13.8. The quantitative estimate of drug-likeness (QED) is 0.0814. The molecule has 4 rings (SSSR count). The van der Waals surface area contributed by atoms with Crippen LogP contribution in [0.15, 0.2) is 46.0 Å². The molecule has 2 aromatic carbocycles. The van der Waals surface area contributed by atoms with E-state index in [-0.39, 0.29) is 6.03 Å². The van der Waals surface area contributed by atoms with Crippen LogP contribution in [0.1, 0.15) is 106 Å². The SMILES string of the molecule is CCCCCCCN(CCN1CCN(CCCSc2nc3cccc(C(=O)OC)c3o2)CC1)C(=O)Nc1c(C(C)C)cccc1C(C)C. The number of benzene rings is 2. The van der Waals surface area contributed by atoms with Crippen molar-refractivity contribution in [3.05, 3.63) is 53.1 Å². The number of para-hydroxylation sites is 2. The van der Waals surface area contributed by atoms with Crippen molar-refractivity contribution in [1.82, 2.24) is 19.7 Å². The minimum absolute atomic E-state index is 0.0251. The number of rotatable bonds is 18. The lowest BCUT2D eigenvalue weighted by molar-refractivity contribution is 0.0601. The average Bonchev–Trinajstić information content (AvgIpc) is 3.51. The Kier molecular flexibility index (Phi) is 15.1. The fourth-order valence-corrected chi connectivity index (χ4v) is 7.06. The molecule has 0 saturated carbocycles. The van der Waals surface area contributed by atoms with Gasteiger partial charge in [0.1, 0.15) is 11.1 Å². The van der Waals surface area contributed by atoms with Crippen molar-refractivity contribution >= 4 is 40.5 Å². The average molecular weight is 680 g/mol. The smallest absolute Gasteiger partial charge is 0.341 e. The summed E-state index contributed by atoms with van der Waals surface area (Å²) in [5.41, 5.74) is 4.96. The molecule has 2 heterocycles. The van der Waals surface area contributed by atoms with Gasteiger partial charge in [-0.25, -0.2) is 14.6 Å². The molecule has 1 aliphatic rings. The van der Waals surface area contributed by atoms with Gasteiger partial charge in [-0.1, -0.05) is 96.3 Å². The number of amides is 2. The van der Waals surface area contributed by atoms with Crippen LogP contribution >= 0.6 is 11.8 Å². The number of piperazine rings is 1. The number of aromatic nitrogens is 1. The summed E-state index contributed by atoms with van der Waals surface area (Å²) < 4.78 is 10.8. The molecule has 10 heteroatoms. The van der Waals surface area contributed by atoms with Gasteiger partial charge in [0.15, 0.2) is 5.58 Å². The summed E-state index contributed by atoms with van der Waals surface area (Å²) in [5, 5.41) is 3.96. The van der Waals surface area contributed by atoms with E-state index in [1.54, 1.807) is 23.9 Å². The monoisotopic (exact) mass is 679 g/mol. The second kappa shape index (κ2) is 19.2. The lowest BCUT2D eigenvalue weighted by atomic mass is 9.93. The summed E-state index contributed by atoms with van der Waals surface area (Å²) in [6, 6.07) is 11.8. The lowest BCUT2D eigenvalue weighted by Gasteiger charge is -2.36. The number of oxazole rings is 1. The van der Waals surface area contributed by atoms with E-state index in [0.717, 1.165) is 83.1 Å². The molecule has 1 aliphatic heterocycles. The van der Waals surface area contributed by atoms with Crippen molar-refractivity contribution in [1.29, 1.82) is 0 Å². The number of hydrogen-bond donors (Lipinski definition) is 1. The third-order valence-electron chi connectivity index (χ3n) is 9.22. The number of urea groups is 1. The highest BCUT2D eigenvalue weighted by atomic mass is 32.2. The number of methoxy groups -OCH3 is 1. The first-order chi connectivity index (χ1) is 23.2. The first-order valence-corrected chi connectivity index (χ1v) is 18.9. The van der Waals surface area contributed by atoms with E-state index in [1.807, 2.05) is 6.07 Å². The Bertz CT molecular complexity index is 1420. The van der Waals surface area contributed by atoms with Crippen LogP contribution in [0.2, 0.25) is 0 Å². The third kappa shape index (κ3) is 10.7. The van der Waals surface area contributed by atoms with Crippen LogP contribution in [0.4, 0.5) is 10.5 Å². The predicted molar refractivity (Wildman–Crippen MR) is 198 cm³/mol. The molecular formula is C38H57N5O4S. The van der Waals surface area contributed by atoms with E-state index in [9.17, 15) is 9.59 Å². The fraction of sp³-hybridized carbons (Fsp3) is 0.605. The molecule has 0 spiro atoms. The highest BCUT2D eigenvalue weighted by Crippen LogP contribution is 2.33. The number of carbonyl (C=O) groups excluding carboxylic acids is 2. The molecule has 3 aromatic rings. The van der Waals surface area contributed by atoms with Crippen LogP contribution in [0.3, 0.4) is 0 Å². The van der Waals surface area contributed by atoms with Gasteiger partial charge in [-0.2, -0.15) is 0 Å². The van der Waals surface area contributed by atoms with E-state index in [4.69, 9.17) is 9.15 Å². The highest BCUT2D eigenvalue weighted by molar-refractivity contribution is 7.99. The number of carbonyl (C=O) groups is 2. The van der Waals surface area contributed by atoms with Gasteiger partial charge in [0.2, 0.25) is 0 Å². The molecule has 0 radical (unpaired) electrons. The summed E-state index contributed by atoms with van der Waals surface area (Å²) in [6.45, 7) is 18.5. The van der Waals surface area contributed by atoms with Crippen molar-refractivity contribution in [2.24, 2.45) is 0 Å². The lowest BCUT2D eigenvalue weighted by Crippen LogP contribution is -2.49. The van der Waals surface area contributed by atoms with Gasteiger partial charge in [0.25, 0.3) is 5.22 Å². The van der Waals surface area contributed by atoms with Crippen LogP contribution < -0.4 is 5.32 Å². The van der Waals surface area contributed by atoms with Gasteiger partial charge < -0.3 is 24.3 Å². The van der Waals surface area contributed by atoms with Crippen molar-refractivity contribution in [3.63, 3.8) is 0 Å². The van der Waals surface area contributed by atoms with Crippen LogP contribution in [0, 0.1) is 0 Å². The van der Waals surface area contributed by atoms with Gasteiger partial charge in [-0.3, -0.25) is 4.90 Å². The van der Waals surface area contributed by atoms with Gasteiger partial charge in [0.05, 0.1) is 7.11 Å². The molecule has 1 saturated heterocycles. The molecule has 1 fully saturated rings. The first kappa shape index (κ1) is 37.7. The molecule has 9 nitrogen and oxygen atoms in total. The number of hydrogen-bond acceptors (Lipinski definition) is 8. The Morgan fingerprint density at radius 3 is 2.19 bits per heavy atom. The van der Waals surface area contributed by atoms with E-state index >= 15 is 0 Å². The number of ether oxygens (including phenoxy) is 1. The van der Waals surface area contributed by atoms with E-state index < -0.39 is 5.97 Å². The molecule has 1 N–H and O–H groups in total. The maximum absolute atomic E-state index is 13.8. The number of nitrogens with zero attached hydrogens (tertiary/aromatic N) is 4. The Labute approximate surface area is 292 Å². The summed E-state index contributed by atoms with van der Waals surface area (Å²) in [4.78, 5) is 37.5. The maximum Gasteiger partial charge on any atom is 0.341 e. The molecule has 1 aromatic heterocycles. The van der Waals surface area contributed by atoms with Crippen LogP contribution in [-0.2, 0) is 4.74 Å². The van der Waals surface area contributed by atoms with Crippen molar-refractivity contribution in [3.8, 4) is 0 Å². The Hall–Kier alpha value is -3.08. The van der Waals surface area contributed by atoms with Gasteiger partial charge >= 0.3 is 12.0 Å². The van der Waals surface area contributed by atoms with Gasteiger partial charge in [-0.15, -0.1) is 0 Å². The van der Waals surface area contributed by atoms with Crippen molar-refractivity contribution < 1.29 is 18.7 Å². The molecule has 0 bridgehead atoms. The molecule has 0 aliphatic carbocycles. The highest BCUT2D eigenvalue weighted by Gasteiger charge is 2.22. The fourth-order valence-electron chi connectivity index (χ4n) is 6.31. The van der Waals surface area contributed by atoms with Crippen LogP contribution in [0.25, 0.3) is 11.1 Å². The van der Waals surface area contributed by atoms with Crippen molar-refractivity contribution in [2.45, 2.75) is 90.2 Å². The normalized spacial score (nSPS) is 14.2. The van der Waals surface area contributed by atoms with Crippen LogP contribution in [-0.4, -0.2) is 96.9 Å². The number of anilines is 1. The zero-order valence-electron chi connectivity index (χ0n) is 30.1. The number of esters is 1. The first-order valence-electron chi connectivity index (χ1n) is 18.0. The molecule has 0 unspecified atom stereocenters. The standard InChI is InChI=1S/C38H57N5O4S/c1-7-8-9-10-11-20-43(37(45)40-34-30(28(2)3)15-12-16-31(34)29(4)5)26-25-42-23-21-41(22-24-42)19-14-27-48-38-39-33-18-13-17-32(35(33)47-38)36(44)46-6/h12-13,15-18,28-29H,7-11,14,19-27H2,1-6H3,(H,40,45). The van der Waals surface area contributed by atoms with Crippen LogP contribution in [0.5, 0.6) is 0 Å². The molecular weight excluding hydrogens is 623 g/mol. The number of fused-ring (bicyclic) bond motifs is 1. The Morgan fingerprint density at radius 1 is 0.896 bits per heavy atom. The molecule has 264 valence electrons. The Balaban J connectivity index is 1.25. The number of unbranched alkanes of at least 4 members (excludes halogenated alkanes) is 4. The largest absolute Gasteiger partial charge is 0.465 e. The summed E-state index contributed by atoms with van der Waals surface area (Å²) in [7, 11) is 1.37. The van der Waals surface area contributed by atoms with Gasteiger partial charge in [0, 0.05) is 57.3 Å². The predicted octanol–water partition coefficient (Wildman–Crippen LogP) is 8.47. The topological polar surface area (TPSA) is 91.2 Å². The second-order valence-electron chi connectivity index (χ2n) is 13.5. The number of thioether (sulfide) groups is 1. The summed E-state index contributed by atoms with van der Waals surface area (Å²) in [6.07, 6.45) is 6.92.